The Morgan fingerprint density at radius 3 is 2.63 bits per heavy atom. The van der Waals surface area contributed by atoms with Crippen LogP contribution in [0.15, 0.2) is 55.6 Å². The number of aromatic amines is 1. The van der Waals surface area contributed by atoms with E-state index in [-0.39, 0.29) is 5.56 Å². The van der Waals surface area contributed by atoms with Crippen LogP contribution in [0.4, 0.5) is 5.69 Å². The zero-order chi connectivity index (χ0) is 19.6. The first kappa shape index (κ1) is 19.2. The summed E-state index contributed by atoms with van der Waals surface area (Å²) in [6.07, 6.45) is 1.59. The van der Waals surface area contributed by atoms with Gasteiger partial charge in [-0.25, -0.2) is 4.68 Å². The second-order valence-corrected chi connectivity index (χ2v) is 7.84. The molecule has 5 nitrogen and oxygen atoms in total. The largest absolute Gasteiger partial charge is 0.295 e. The molecule has 2 aromatic carbocycles. The lowest BCUT2D eigenvalue weighted by molar-refractivity contribution is 0.834. The summed E-state index contributed by atoms with van der Waals surface area (Å²) in [5, 5.41) is 13.9. The first-order chi connectivity index (χ1) is 12.9. The van der Waals surface area contributed by atoms with E-state index in [0.717, 1.165) is 49.3 Å². The normalized spacial score (nSPS) is 11.1. The maximum atomic E-state index is 12.8. The molecule has 1 heterocycles. The van der Waals surface area contributed by atoms with Crippen molar-refractivity contribution in [3.05, 3.63) is 73.6 Å². The monoisotopic (exact) mass is 440 g/mol. The van der Waals surface area contributed by atoms with Gasteiger partial charge < -0.3 is 0 Å². The average molecular weight is 441 g/mol. The second kappa shape index (κ2) is 7.99. The Morgan fingerprint density at radius 2 is 1.96 bits per heavy atom. The number of aryl methyl sites for hydroxylation is 3. The van der Waals surface area contributed by atoms with Crippen LogP contribution in [0, 0.1) is 31.4 Å². The molecule has 0 aliphatic rings. The molecule has 0 aliphatic heterocycles. The Morgan fingerprint density at radius 1 is 1.19 bits per heavy atom. The Balaban J connectivity index is 1.96. The number of thiocyanates is 1. The van der Waals surface area contributed by atoms with Crippen molar-refractivity contribution in [3.8, 4) is 11.1 Å². The van der Waals surface area contributed by atoms with Gasteiger partial charge in [0.2, 0.25) is 0 Å². The minimum Gasteiger partial charge on any atom is -0.295 e. The molecule has 0 spiro atoms. The number of nitriles is 1. The highest BCUT2D eigenvalue weighted by atomic mass is 79.9. The van der Waals surface area contributed by atoms with E-state index < -0.39 is 0 Å². The molecule has 136 valence electrons. The molecule has 0 fully saturated rings. The number of thioether (sulfide) groups is 1. The van der Waals surface area contributed by atoms with Crippen molar-refractivity contribution in [2.24, 2.45) is 4.99 Å². The molecule has 3 aromatic rings. The summed E-state index contributed by atoms with van der Waals surface area (Å²) in [5.74, 6) is 0. The molecule has 0 bridgehead atoms. The Hall–Kier alpha value is -2.56. The highest BCUT2D eigenvalue weighted by molar-refractivity contribution is 9.10. The standard InChI is InChI=1S/C20H17BrN4OS/c1-12-8-15(4-6-18(12)21)25-20(26)17(14(3)24-25)10-23-19-7-5-16(27-11-22)9-13(19)2/h4-10,24H,1-3H3. The van der Waals surface area contributed by atoms with E-state index in [1.165, 1.54) is 4.68 Å². The molecular weight excluding hydrogens is 424 g/mol. The molecule has 0 aliphatic carbocycles. The quantitative estimate of drug-likeness (QED) is 0.345. The van der Waals surface area contributed by atoms with Crippen LogP contribution in [0.1, 0.15) is 22.4 Å². The lowest BCUT2D eigenvalue weighted by Crippen LogP contribution is -2.17. The maximum Gasteiger partial charge on any atom is 0.280 e. The van der Waals surface area contributed by atoms with Crippen molar-refractivity contribution in [3.63, 3.8) is 0 Å². The van der Waals surface area contributed by atoms with E-state index in [1.807, 2.05) is 57.2 Å². The van der Waals surface area contributed by atoms with Crippen molar-refractivity contribution in [1.82, 2.24) is 9.78 Å². The van der Waals surface area contributed by atoms with Crippen molar-refractivity contribution in [1.29, 1.82) is 5.26 Å². The number of benzene rings is 2. The molecule has 27 heavy (non-hydrogen) atoms. The number of hydrogen-bond acceptors (Lipinski definition) is 4. The van der Waals surface area contributed by atoms with E-state index in [9.17, 15) is 4.79 Å². The molecule has 1 N–H and O–H groups in total. The molecule has 0 saturated carbocycles. The summed E-state index contributed by atoms with van der Waals surface area (Å²) in [6.45, 7) is 5.76. The number of halogens is 1. The zero-order valence-electron chi connectivity index (χ0n) is 15.1. The molecule has 0 unspecified atom stereocenters. The molecule has 0 saturated heterocycles. The summed E-state index contributed by atoms with van der Waals surface area (Å²) in [7, 11) is 0. The number of aliphatic imine (C=N–C) groups is 1. The summed E-state index contributed by atoms with van der Waals surface area (Å²) in [5.41, 5.74) is 4.66. The molecule has 1 aromatic heterocycles. The second-order valence-electron chi connectivity index (χ2n) is 6.12. The third-order valence-electron chi connectivity index (χ3n) is 4.18. The summed E-state index contributed by atoms with van der Waals surface area (Å²) < 4.78 is 2.52. The molecule has 3 rings (SSSR count). The van der Waals surface area contributed by atoms with Gasteiger partial charge in [-0.2, -0.15) is 5.26 Å². The van der Waals surface area contributed by atoms with Gasteiger partial charge in [-0.1, -0.05) is 15.9 Å². The van der Waals surface area contributed by atoms with Crippen LogP contribution in [-0.4, -0.2) is 16.0 Å². The van der Waals surface area contributed by atoms with E-state index in [1.54, 1.807) is 6.21 Å². The van der Waals surface area contributed by atoms with E-state index in [2.05, 4.69) is 31.4 Å². The number of nitrogens with zero attached hydrogens (tertiary/aromatic N) is 3. The molecule has 0 atom stereocenters. The molecule has 7 heteroatoms. The van der Waals surface area contributed by atoms with Gasteiger partial charge in [0, 0.05) is 21.3 Å². The van der Waals surface area contributed by atoms with Crippen molar-refractivity contribution in [2.45, 2.75) is 25.7 Å². The summed E-state index contributed by atoms with van der Waals surface area (Å²) in [4.78, 5) is 18.2. The Labute approximate surface area is 169 Å². The lowest BCUT2D eigenvalue weighted by Gasteiger charge is -2.04. The SMILES string of the molecule is Cc1cc(-n2[nH]c(C)c(C=Nc3ccc(SC#N)cc3C)c2=O)ccc1Br. The topological polar surface area (TPSA) is 73.9 Å². The smallest absolute Gasteiger partial charge is 0.280 e. The summed E-state index contributed by atoms with van der Waals surface area (Å²) in [6, 6.07) is 11.4. The van der Waals surface area contributed by atoms with E-state index >= 15 is 0 Å². The Bertz CT molecular complexity index is 1140. The minimum absolute atomic E-state index is 0.146. The third-order valence-corrected chi connectivity index (χ3v) is 5.65. The van der Waals surface area contributed by atoms with Gasteiger partial charge in [-0.15, -0.1) is 0 Å². The van der Waals surface area contributed by atoms with Crippen molar-refractivity contribution >= 4 is 39.6 Å². The van der Waals surface area contributed by atoms with Gasteiger partial charge in [-0.05, 0) is 80.1 Å². The number of rotatable bonds is 4. The fraction of sp³-hybridized carbons (Fsp3) is 0.150. The number of nitrogens with one attached hydrogen (secondary N) is 1. The van der Waals surface area contributed by atoms with Crippen LogP contribution < -0.4 is 5.56 Å². The average Bonchev–Trinajstić information content (AvgIpc) is 2.91. The Kier molecular flexibility index (Phi) is 5.68. The lowest BCUT2D eigenvalue weighted by atomic mass is 10.2. The molecule has 0 radical (unpaired) electrons. The van der Waals surface area contributed by atoms with Crippen molar-refractivity contribution < 1.29 is 0 Å². The first-order valence-electron chi connectivity index (χ1n) is 8.19. The maximum absolute atomic E-state index is 12.8. The highest BCUT2D eigenvalue weighted by Gasteiger charge is 2.11. The molecular formula is C20H17BrN4OS. The van der Waals surface area contributed by atoms with Crippen molar-refractivity contribution in [2.75, 3.05) is 0 Å². The third kappa shape index (κ3) is 4.07. The fourth-order valence-electron chi connectivity index (χ4n) is 2.68. The predicted octanol–water partition coefficient (Wildman–Crippen LogP) is 5.18. The van der Waals surface area contributed by atoms with Crippen LogP contribution in [0.2, 0.25) is 0 Å². The van der Waals surface area contributed by atoms with Crippen LogP contribution >= 0.6 is 27.7 Å². The predicted molar refractivity (Wildman–Crippen MR) is 113 cm³/mol. The highest BCUT2D eigenvalue weighted by Crippen LogP contribution is 2.25. The first-order valence-corrected chi connectivity index (χ1v) is 9.80. The van der Waals surface area contributed by atoms with Gasteiger partial charge in [0.1, 0.15) is 5.40 Å². The zero-order valence-corrected chi connectivity index (χ0v) is 17.5. The number of aromatic nitrogens is 2. The van der Waals surface area contributed by atoms with E-state index in [0.29, 0.717) is 5.56 Å². The fourth-order valence-corrected chi connectivity index (χ4v) is 3.41. The minimum atomic E-state index is -0.146. The summed E-state index contributed by atoms with van der Waals surface area (Å²) >= 11 is 4.59. The van der Waals surface area contributed by atoms with Crippen LogP contribution in [0.25, 0.3) is 5.69 Å². The van der Waals surface area contributed by atoms with Gasteiger partial charge >= 0.3 is 0 Å². The van der Waals surface area contributed by atoms with Crippen LogP contribution in [0.3, 0.4) is 0 Å². The van der Waals surface area contributed by atoms with Gasteiger partial charge in [-0.3, -0.25) is 14.9 Å². The van der Waals surface area contributed by atoms with Gasteiger partial charge in [0.05, 0.1) is 16.9 Å². The van der Waals surface area contributed by atoms with Gasteiger partial charge in [0.15, 0.2) is 0 Å². The number of hydrogen-bond donors (Lipinski definition) is 1. The van der Waals surface area contributed by atoms with Crippen LogP contribution in [-0.2, 0) is 0 Å². The van der Waals surface area contributed by atoms with Crippen LogP contribution in [0.5, 0.6) is 0 Å². The van der Waals surface area contributed by atoms with E-state index in [4.69, 9.17) is 5.26 Å². The molecule has 0 amide bonds. The number of H-pyrrole nitrogens is 1. The van der Waals surface area contributed by atoms with Gasteiger partial charge in [0.25, 0.3) is 5.56 Å².